The number of carbonyl (C=O) groups excluding carboxylic acids is 3. The lowest BCUT2D eigenvalue weighted by Crippen LogP contribution is -2.63. The summed E-state index contributed by atoms with van der Waals surface area (Å²) in [4.78, 5) is 37.3. The van der Waals surface area contributed by atoms with E-state index in [9.17, 15) is 39.9 Å². The number of hydrogen-bond acceptors (Lipinski definition) is 9. The second kappa shape index (κ2) is 6.07. The van der Waals surface area contributed by atoms with Gasteiger partial charge < -0.3 is 37.0 Å². The van der Waals surface area contributed by atoms with Gasteiger partial charge in [0.15, 0.2) is 11.4 Å². The molecule has 1 amide bonds. The molecule has 4 rings (SSSR count). The van der Waals surface area contributed by atoms with E-state index >= 15 is 0 Å². The summed E-state index contributed by atoms with van der Waals surface area (Å²) in [5.41, 5.74) is 6.83. The molecule has 5 atom stereocenters. The highest BCUT2D eigenvalue weighted by molar-refractivity contribution is 6.23. The Morgan fingerprint density at radius 2 is 1.83 bits per heavy atom. The number of nitrogens with two attached hydrogens (primary N) is 2. The highest BCUT2D eigenvalue weighted by atomic mass is 16.4. The van der Waals surface area contributed by atoms with Gasteiger partial charge in [-0.05, 0) is 17.5 Å². The molecule has 0 radical (unpaired) electrons. The Morgan fingerprint density at radius 1 is 1.20 bits per heavy atom. The number of Topliss-reactive ketones (excluding diaryl/α,β-unsaturated/α-hetero) is 2. The molecule has 0 spiro atoms. The third-order valence-electron chi connectivity index (χ3n) is 6.53. The van der Waals surface area contributed by atoms with Crippen LogP contribution in [0.25, 0.3) is 5.76 Å². The standard InChI is InChI=1S/C20H20N2O8/c1-5-6-2-3-8(21)15(25)11(6)16(26)13-10(5)14(24)7-4-9(23)12(19(22)29)17(27)20(7,30)18(13)28/h2-3,5,7,10,14,24-27,30H,4,21H2,1H3,(H2,22,29)/t5-,7?,10?,14-,20+/m0/s1. The van der Waals surface area contributed by atoms with Crippen LogP contribution < -0.4 is 11.5 Å². The molecule has 158 valence electrons. The number of anilines is 1. The number of ketones is 2. The van der Waals surface area contributed by atoms with Crippen LogP contribution in [-0.4, -0.2) is 54.7 Å². The molecular weight excluding hydrogens is 396 g/mol. The van der Waals surface area contributed by atoms with Crippen molar-refractivity contribution in [3.63, 3.8) is 0 Å². The van der Waals surface area contributed by atoms with Crippen molar-refractivity contribution < 1.29 is 39.9 Å². The fourth-order valence-corrected chi connectivity index (χ4v) is 5.01. The van der Waals surface area contributed by atoms with E-state index in [0.717, 1.165) is 0 Å². The number of fused-ring (bicyclic) bond motifs is 3. The molecule has 2 unspecified atom stereocenters. The number of amides is 1. The number of aliphatic hydroxyl groups excluding tert-OH is 3. The zero-order chi connectivity index (χ0) is 22.3. The van der Waals surface area contributed by atoms with Crippen LogP contribution in [0.3, 0.4) is 0 Å². The molecule has 0 aromatic heterocycles. The van der Waals surface area contributed by atoms with Gasteiger partial charge in [0, 0.05) is 23.8 Å². The van der Waals surface area contributed by atoms with Crippen LogP contribution in [-0.2, 0) is 14.4 Å². The van der Waals surface area contributed by atoms with Gasteiger partial charge in [-0.2, -0.15) is 0 Å². The summed E-state index contributed by atoms with van der Waals surface area (Å²) in [5.74, 6) is -9.01. The van der Waals surface area contributed by atoms with Crippen LogP contribution in [0.5, 0.6) is 5.75 Å². The molecule has 1 saturated carbocycles. The highest BCUT2D eigenvalue weighted by Crippen LogP contribution is 2.55. The van der Waals surface area contributed by atoms with Crippen molar-refractivity contribution in [2.24, 2.45) is 17.6 Å². The molecule has 0 bridgehead atoms. The van der Waals surface area contributed by atoms with Crippen molar-refractivity contribution >= 4 is 28.9 Å². The summed E-state index contributed by atoms with van der Waals surface area (Å²) in [7, 11) is 0. The van der Waals surface area contributed by atoms with Gasteiger partial charge in [0.1, 0.15) is 22.8 Å². The minimum Gasteiger partial charge on any atom is -0.508 e. The maximum atomic E-state index is 13.4. The van der Waals surface area contributed by atoms with E-state index in [4.69, 9.17) is 11.5 Å². The molecular formula is C20H20N2O8. The largest absolute Gasteiger partial charge is 0.508 e. The normalized spacial score (nSPS) is 33.2. The number of carbonyl (C=O) groups is 3. The SMILES string of the molecule is C[C@H]1c2ccc(N)c(O)c2C(O)=C2C(=O)[C@]3(O)C(O)=C(C(N)=O)C(=O)CC3[C@H](O)C21. The molecule has 0 aliphatic heterocycles. The van der Waals surface area contributed by atoms with E-state index in [0.29, 0.717) is 5.56 Å². The van der Waals surface area contributed by atoms with Gasteiger partial charge >= 0.3 is 0 Å². The monoisotopic (exact) mass is 416 g/mol. The van der Waals surface area contributed by atoms with Crippen LogP contribution in [0.4, 0.5) is 5.69 Å². The van der Waals surface area contributed by atoms with Crippen molar-refractivity contribution in [1.29, 1.82) is 0 Å². The number of phenols is 1. The number of primary amides is 1. The second-order valence-electron chi connectivity index (χ2n) is 7.95. The summed E-state index contributed by atoms with van der Waals surface area (Å²) in [6.45, 7) is 1.64. The van der Waals surface area contributed by atoms with Gasteiger partial charge in [-0.15, -0.1) is 0 Å². The van der Waals surface area contributed by atoms with Crippen LogP contribution in [0.2, 0.25) is 0 Å². The predicted octanol–water partition coefficient (Wildman–Crippen LogP) is -0.462. The lowest BCUT2D eigenvalue weighted by Gasteiger charge is -2.50. The van der Waals surface area contributed by atoms with Crippen LogP contribution in [0, 0.1) is 11.8 Å². The minimum atomic E-state index is -2.84. The number of benzene rings is 1. The Hall–Kier alpha value is -3.37. The molecule has 30 heavy (non-hydrogen) atoms. The lowest BCUT2D eigenvalue weighted by molar-refractivity contribution is -0.160. The molecule has 0 saturated heterocycles. The summed E-state index contributed by atoms with van der Waals surface area (Å²) < 4.78 is 0. The van der Waals surface area contributed by atoms with E-state index in [1.165, 1.54) is 12.1 Å². The third kappa shape index (κ3) is 2.17. The summed E-state index contributed by atoms with van der Waals surface area (Å²) in [5, 5.41) is 53.9. The topological polar surface area (TPSA) is 204 Å². The Labute approximate surface area is 169 Å². The number of nitrogen functional groups attached to an aromatic ring is 1. The van der Waals surface area contributed by atoms with E-state index < -0.39 is 81.8 Å². The van der Waals surface area contributed by atoms with Gasteiger partial charge in [-0.25, -0.2) is 0 Å². The smallest absolute Gasteiger partial charge is 0.255 e. The molecule has 10 heteroatoms. The minimum absolute atomic E-state index is 0.0611. The molecule has 3 aliphatic rings. The van der Waals surface area contributed by atoms with Gasteiger partial charge in [-0.1, -0.05) is 13.0 Å². The van der Waals surface area contributed by atoms with Crippen LogP contribution in [0.15, 0.2) is 29.0 Å². The Morgan fingerprint density at radius 3 is 2.43 bits per heavy atom. The number of aliphatic hydroxyl groups is 4. The fraction of sp³-hybridized carbons (Fsp3) is 0.350. The average molecular weight is 416 g/mol. The van der Waals surface area contributed by atoms with Crippen molar-refractivity contribution in [3.05, 3.63) is 40.2 Å². The first kappa shape index (κ1) is 19.9. The van der Waals surface area contributed by atoms with Crippen LogP contribution >= 0.6 is 0 Å². The molecule has 1 aromatic carbocycles. The van der Waals surface area contributed by atoms with E-state index in [1.54, 1.807) is 6.92 Å². The zero-order valence-corrected chi connectivity index (χ0v) is 15.8. The van der Waals surface area contributed by atoms with Gasteiger partial charge in [0.05, 0.1) is 17.4 Å². The van der Waals surface area contributed by atoms with Crippen molar-refractivity contribution in [3.8, 4) is 5.75 Å². The maximum Gasteiger partial charge on any atom is 0.255 e. The first-order valence-electron chi connectivity index (χ1n) is 9.21. The summed E-state index contributed by atoms with van der Waals surface area (Å²) >= 11 is 0. The number of rotatable bonds is 1. The number of hydrogen-bond donors (Lipinski definition) is 7. The highest BCUT2D eigenvalue weighted by Gasteiger charge is 2.64. The summed E-state index contributed by atoms with van der Waals surface area (Å²) in [6, 6.07) is 2.95. The first-order chi connectivity index (χ1) is 13.9. The molecule has 10 nitrogen and oxygen atoms in total. The molecule has 1 fully saturated rings. The predicted molar refractivity (Wildman–Crippen MR) is 102 cm³/mol. The number of phenolic OH excluding ortho intramolecular Hbond substituents is 1. The Balaban J connectivity index is 2.03. The molecule has 3 aliphatic carbocycles. The average Bonchev–Trinajstić information content (AvgIpc) is 2.67. The van der Waals surface area contributed by atoms with Crippen LogP contribution in [0.1, 0.15) is 30.4 Å². The van der Waals surface area contributed by atoms with Gasteiger partial charge in [-0.3, -0.25) is 14.4 Å². The Kier molecular flexibility index (Phi) is 4.03. The first-order valence-corrected chi connectivity index (χ1v) is 9.21. The van der Waals surface area contributed by atoms with Crippen molar-refractivity contribution in [2.45, 2.75) is 31.0 Å². The second-order valence-corrected chi connectivity index (χ2v) is 7.95. The lowest BCUT2D eigenvalue weighted by atomic mass is 9.55. The van der Waals surface area contributed by atoms with E-state index in [2.05, 4.69) is 0 Å². The zero-order valence-electron chi connectivity index (χ0n) is 15.8. The van der Waals surface area contributed by atoms with Gasteiger partial charge in [0.2, 0.25) is 5.78 Å². The third-order valence-corrected chi connectivity index (χ3v) is 6.53. The molecule has 9 N–H and O–H groups in total. The molecule has 0 heterocycles. The quantitative estimate of drug-likeness (QED) is 0.179. The summed E-state index contributed by atoms with van der Waals surface area (Å²) in [6.07, 6.45) is -2.16. The van der Waals surface area contributed by atoms with Crippen molar-refractivity contribution in [1.82, 2.24) is 0 Å². The number of aromatic hydroxyl groups is 1. The van der Waals surface area contributed by atoms with Gasteiger partial charge in [0.25, 0.3) is 5.91 Å². The van der Waals surface area contributed by atoms with E-state index in [1.807, 2.05) is 0 Å². The maximum absolute atomic E-state index is 13.4. The fourth-order valence-electron chi connectivity index (χ4n) is 5.01. The van der Waals surface area contributed by atoms with E-state index in [-0.39, 0.29) is 11.3 Å². The van der Waals surface area contributed by atoms with Crippen molar-refractivity contribution in [2.75, 3.05) is 5.73 Å². The molecule has 1 aromatic rings. The Bertz CT molecular complexity index is 1100.